The van der Waals surface area contributed by atoms with Crippen LogP contribution in [-0.2, 0) is 0 Å². The molecular weight excluding hydrogens is 271 g/mol. The second kappa shape index (κ2) is 5.28. The van der Waals surface area contributed by atoms with Crippen molar-refractivity contribution in [2.45, 2.75) is 0 Å². The van der Waals surface area contributed by atoms with Crippen LogP contribution >= 0.6 is 0 Å². The Bertz CT molecular complexity index is 811. The highest BCUT2D eigenvalue weighted by Gasteiger charge is 2.09. The number of fused-ring (bicyclic) bond motifs is 1. The summed E-state index contributed by atoms with van der Waals surface area (Å²) in [6.45, 7) is 0. The lowest BCUT2D eigenvalue weighted by molar-refractivity contribution is 0.102. The van der Waals surface area contributed by atoms with Gasteiger partial charge in [-0.25, -0.2) is 4.39 Å². The first kappa shape index (κ1) is 13.2. The van der Waals surface area contributed by atoms with Crippen LogP contribution in [0.15, 0.2) is 48.7 Å². The molecule has 1 amide bonds. The van der Waals surface area contributed by atoms with Crippen LogP contribution in [-0.4, -0.2) is 18.0 Å². The van der Waals surface area contributed by atoms with Gasteiger partial charge >= 0.3 is 0 Å². The first-order valence-corrected chi connectivity index (χ1v) is 6.39. The van der Waals surface area contributed by atoms with Crippen molar-refractivity contribution >= 4 is 22.5 Å². The fourth-order valence-corrected chi connectivity index (χ4v) is 2.14. The molecule has 21 heavy (non-hydrogen) atoms. The Hall–Kier alpha value is -2.82. The number of rotatable bonds is 3. The number of carbonyl (C=O) groups excluding carboxylic acids is 1. The van der Waals surface area contributed by atoms with Crippen LogP contribution in [0, 0.1) is 5.82 Å². The van der Waals surface area contributed by atoms with E-state index in [-0.39, 0.29) is 11.7 Å². The molecule has 106 valence electrons. The first-order valence-electron chi connectivity index (χ1n) is 6.39. The number of aromatic nitrogens is 1. The number of nitrogens with one attached hydrogen (secondary N) is 2. The fourth-order valence-electron chi connectivity index (χ4n) is 2.14. The average molecular weight is 284 g/mol. The molecule has 0 bridgehead atoms. The van der Waals surface area contributed by atoms with E-state index in [2.05, 4.69) is 10.3 Å². The maximum absolute atomic E-state index is 13.3. The minimum absolute atomic E-state index is 0.0916. The van der Waals surface area contributed by atoms with Crippen LogP contribution in [0.1, 0.15) is 10.4 Å². The molecule has 0 unspecified atom stereocenters. The second-order valence-corrected chi connectivity index (χ2v) is 4.58. The van der Waals surface area contributed by atoms with Crippen molar-refractivity contribution < 1.29 is 13.9 Å². The number of hydrogen-bond donors (Lipinski definition) is 2. The van der Waals surface area contributed by atoms with Gasteiger partial charge in [0.2, 0.25) is 0 Å². The molecule has 1 aromatic heterocycles. The van der Waals surface area contributed by atoms with E-state index in [0.29, 0.717) is 11.3 Å². The van der Waals surface area contributed by atoms with Gasteiger partial charge < -0.3 is 15.0 Å². The lowest BCUT2D eigenvalue weighted by Crippen LogP contribution is -2.11. The van der Waals surface area contributed by atoms with Crippen LogP contribution in [0.2, 0.25) is 0 Å². The van der Waals surface area contributed by atoms with E-state index >= 15 is 0 Å². The zero-order valence-electron chi connectivity index (χ0n) is 11.3. The third-order valence-corrected chi connectivity index (χ3v) is 3.22. The van der Waals surface area contributed by atoms with Gasteiger partial charge in [-0.2, -0.15) is 0 Å². The second-order valence-electron chi connectivity index (χ2n) is 4.58. The number of aromatic amines is 1. The summed E-state index contributed by atoms with van der Waals surface area (Å²) in [7, 11) is 1.38. The van der Waals surface area contributed by atoms with Gasteiger partial charge in [-0.3, -0.25) is 4.79 Å². The number of halogens is 1. The summed E-state index contributed by atoms with van der Waals surface area (Å²) in [5.41, 5.74) is 1.98. The highest BCUT2D eigenvalue weighted by atomic mass is 19.1. The average Bonchev–Trinajstić information content (AvgIpc) is 2.96. The molecule has 5 heteroatoms. The van der Waals surface area contributed by atoms with Crippen molar-refractivity contribution in [3.8, 4) is 5.75 Å². The Morgan fingerprint density at radius 2 is 2.05 bits per heavy atom. The molecule has 4 nitrogen and oxygen atoms in total. The summed E-state index contributed by atoms with van der Waals surface area (Å²) in [5, 5.41) is 3.68. The van der Waals surface area contributed by atoms with Crippen molar-refractivity contribution in [2.75, 3.05) is 12.4 Å². The number of methoxy groups -OCH3 is 1. The minimum Gasteiger partial charge on any atom is -0.494 e. The highest BCUT2D eigenvalue weighted by Crippen LogP contribution is 2.22. The van der Waals surface area contributed by atoms with Crippen LogP contribution in [0.5, 0.6) is 5.75 Å². The Kier molecular flexibility index (Phi) is 3.31. The van der Waals surface area contributed by atoms with Gasteiger partial charge in [0.1, 0.15) is 0 Å². The van der Waals surface area contributed by atoms with Crippen molar-refractivity contribution in [3.05, 3.63) is 60.0 Å². The highest BCUT2D eigenvalue weighted by molar-refractivity contribution is 6.06. The van der Waals surface area contributed by atoms with E-state index in [0.717, 1.165) is 10.9 Å². The van der Waals surface area contributed by atoms with Crippen LogP contribution in [0.25, 0.3) is 10.9 Å². The Labute approximate surface area is 120 Å². The van der Waals surface area contributed by atoms with Crippen LogP contribution in [0.4, 0.5) is 10.1 Å². The molecule has 3 rings (SSSR count). The molecule has 0 aliphatic carbocycles. The quantitative estimate of drug-likeness (QED) is 0.772. The Morgan fingerprint density at radius 1 is 1.19 bits per heavy atom. The van der Waals surface area contributed by atoms with Crippen molar-refractivity contribution in [1.29, 1.82) is 0 Å². The van der Waals surface area contributed by atoms with Gasteiger partial charge in [-0.05, 0) is 36.4 Å². The number of benzene rings is 2. The summed E-state index contributed by atoms with van der Waals surface area (Å²) in [4.78, 5) is 15.3. The molecule has 1 heterocycles. The molecule has 0 spiro atoms. The van der Waals surface area contributed by atoms with Crippen molar-refractivity contribution in [2.24, 2.45) is 0 Å². The first-order chi connectivity index (χ1) is 10.2. The van der Waals surface area contributed by atoms with Gasteiger partial charge in [0.25, 0.3) is 5.91 Å². The molecule has 0 fully saturated rings. The summed E-state index contributed by atoms with van der Waals surface area (Å²) >= 11 is 0. The number of hydrogen-bond acceptors (Lipinski definition) is 2. The predicted molar refractivity (Wildman–Crippen MR) is 79.2 cm³/mol. The van der Waals surface area contributed by atoms with Gasteiger partial charge in [-0.1, -0.05) is 0 Å². The third-order valence-electron chi connectivity index (χ3n) is 3.22. The summed E-state index contributed by atoms with van der Waals surface area (Å²) in [6.07, 6.45) is 1.82. The number of carbonyl (C=O) groups is 1. The molecule has 0 saturated carbocycles. The van der Waals surface area contributed by atoms with E-state index in [9.17, 15) is 9.18 Å². The van der Waals surface area contributed by atoms with Crippen molar-refractivity contribution in [3.63, 3.8) is 0 Å². The largest absolute Gasteiger partial charge is 0.494 e. The number of ether oxygens (including phenoxy) is 1. The van der Waals surface area contributed by atoms with Crippen molar-refractivity contribution in [1.82, 2.24) is 4.98 Å². The van der Waals surface area contributed by atoms with Gasteiger partial charge in [-0.15, -0.1) is 0 Å². The van der Waals surface area contributed by atoms with Gasteiger partial charge in [0.05, 0.1) is 7.11 Å². The monoisotopic (exact) mass is 284 g/mol. The molecule has 0 saturated heterocycles. The summed E-state index contributed by atoms with van der Waals surface area (Å²) in [5.74, 6) is -0.634. The molecular formula is C16H13FN2O2. The van der Waals surface area contributed by atoms with E-state index in [1.54, 1.807) is 12.1 Å². The minimum atomic E-state index is -0.468. The maximum atomic E-state index is 13.3. The Balaban J connectivity index is 1.85. The molecule has 0 aliphatic rings. The van der Waals surface area contributed by atoms with Gasteiger partial charge in [0.15, 0.2) is 11.6 Å². The maximum Gasteiger partial charge on any atom is 0.255 e. The SMILES string of the molecule is COc1cc(NC(=O)c2ccc3[nH]ccc3c2)ccc1F. The van der Waals surface area contributed by atoms with E-state index in [1.807, 2.05) is 18.3 Å². The third kappa shape index (κ3) is 2.58. The number of anilines is 1. The number of amides is 1. The summed E-state index contributed by atoms with van der Waals surface area (Å²) in [6, 6.07) is 11.5. The zero-order chi connectivity index (χ0) is 14.8. The standard InChI is InChI=1S/C16H13FN2O2/c1-21-15-9-12(3-4-13(15)17)19-16(20)11-2-5-14-10(8-11)6-7-18-14/h2-9,18H,1H3,(H,19,20). The molecule has 0 radical (unpaired) electrons. The van der Waals surface area contributed by atoms with E-state index in [1.165, 1.54) is 25.3 Å². The normalized spacial score (nSPS) is 10.6. The lowest BCUT2D eigenvalue weighted by atomic mass is 10.1. The smallest absolute Gasteiger partial charge is 0.255 e. The molecule has 2 N–H and O–H groups in total. The molecule has 3 aromatic rings. The topological polar surface area (TPSA) is 54.1 Å². The molecule has 0 atom stereocenters. The molecule has 2 aromatic carbocycles. The predicted octanol–water partition coefficient (Wildman–Crippen LogP) is 3.57. The Morgan fingerprint density at radius 3 is 2.86 bits per heavy atom. The number of H-pyrrole nitrogens is 1. The lowest BCUT2D eigenvalue weighted by Gasteiger charge is -2.08. The molecule has 0 aliphatic heterocycles. The summed E-state index contributed by atoms with van der Waals surface area (Å²) < 4.78 is 18.2. The zero-order valence-corrected chi connectivity index (χ0v) is 11.3. The van der Waals surface area contributed by atoms with Gasteiger partial charge in [0, 0.05) is 34.4 Å². The van der Waals surface area contributed by atoms with Crippen LogP contribution in [0.3, 0.4) is 0 Å². The van der Waals surface area contributed by atoms with E-state index < -0.39 is 5.82 Å². The van der Waals surface area contributed by atoms with Crippen LogP contribution < -0.4 is 10.1 Å². The van der Waals surface area contributed by atoms with E-state index in [4.69, 9.17) is 4.74 Å². The fraction of sp³-hybridized carbons (Fsp3) is 0.0625.